The fourth-order valence-corrected chi connectivity index (χ4v) is 7.30. The third-order valence-electron chi connectivity index (χ3n) is 3.87. The number of hydrogen-bond acceptors (Lipinski definition) is 0. The Hall–Kier alpha value is -2.60. The molecule has 4 rings (SSSR count). The Kier molecular flexibility index (Phi) is 4.52. The van der Waals surface area contributed by atoms with Crippen molar-refractivity contribution in [1.29, 1.82) is 0 Å². The van der Waals surface area contributed by atoms with Crippen molar-refractivity contribution in [2.75, 3.05) is 0 Å². The van der Waals surface area contributed by atoms with Gasteiger partial charge in [0, 0.05) is 0 Å². The number of hydrogen-bond donors (Lipinski definition) is 0. The van der Waals surface area contributed by atoms with Crippen molar-refractivity contribution in [3.05, 3.63) is 121 Å². The minimum atomic E-state index is -1.44. The summed E-state index contributed by atoms with van der Waals surface area (Å²) in [4.78, 5) is 0. The van der Waals surface area contributed by atoms with Gasteiger partial charge in [-0.05, 0) is 0 Å². The van der Waals surface area contributed by atoms with E-state index >= 15 is 0 Å². The summed E-state index contributed by atoms with van der Waals surface area (Å²) in [5.74, 6) is 0. The standard InChI is InChI=1S/4C6H5.Cu/c4*1-2-4-6-5-3-1;/h4*1-5H;. The van der Waals surface area contributed by atoms with Crippen LogP contribution in [0.5, 0.6) is 0 Å². The first-order valence-electron chi connectivity index (χ1n) is 8.25. The van der Waals surface area contributed by atoms with Gasteiger partial charge in [-0.3, -0.25) is 0 Å². The molecular formula is C24H20Cu. The zero-order valence-electron chi connectivity index (χ0n) is 13.8. The van der Waals surface area contributed by atoms with Crippen LogP contribution >= 0.6 is 0 Å². The molecule has 0 aliphatic rings. The van der Waals surface area contributed by atoms with Gasteiger partial charge >= 0.3 is 152 Å². The van der Waals surface area contributed by atoms with E-state index in [0.29, 0.717) is 0 Å². The molecule has 0 nitrogen and oxygen atoms in total. The van der Waals surface area contributed by atoms with Crippen molar-refractivity contribution < 1.29 is 12.8 Å². The van der Waals surface area contributed by atoms with E-state index in [9.17, 15) is 0 Å². The van der Waals surface area contributed by atoms with E-state index in [-0.39, 0.29) is 0 Å². The van der Waals surface area contributed by atoms with Crippen molar-refractivity contribution in [1.82, 2.24) is 0 Å². The van der Waals surface area contributed by atoms with Crippen LogP contribution in [0.1, 0.15) is 0 Å². The van der Waals surface area contributed by atoms with E-state index in [0.717, 1.165) is 0 Å². The Morgan fingerprint density at radius 2 is 0.480 bits per heavy atom. The van der Waals surface area contributed by atoms with Gasteiger partial charge in [0.2, 0.25) is 0 Å². The summed E-state index contributed by atoms with van der Waals surface area (Å²) in [7, 11) is 0. The fraction of sp³-hybridized carbons (Fsp3) is 0. The molecule has 4 aromatic carbocycles. The summed E-state index contributed by atoms with van der Waals surface area (Å²) in [6, 6.07) is 43.6. The van der Waals surface area contributed by atoms with Crippen LogP contribution in [0.2, 0.25) is 0 Å². The minimum absolute atomic E-state index is 1.35. The second-order valence-electron chi connectivity index (χ2n) is 5.46. The Morgan fingerprint density at radius 3 is 0.680 bits per heavy atom. The average Bonchev–Trinajstić information content (AvgIpc) is 2.72. The predicted molar refractivity (Wildman–Crippen MR) is 104 cm³/mol. The Balaban J connectivity index is 2.13. The van der Waals surface area contributed by atoms with Gasteiger partial charge < -0.3 is 0 Å². The van der Waals surface area contributed by atoms with Gasteiger partial charge in [0.25, 0.3) is 0 Å². The van der Waals surface area contributed by atoms with Crippen LogP contribution < -0.4 is 17.8 Å². The van der Waals surface area contributed by atoms with E-state index in [2.05, 4.69) is 121 Å². The maximum absolute atomic E-state index is 2.26. The molecule has 0 aromatic heterocycles. The summed E-state index contributed by atoms with van der Waals surface area (Å²) in [6.45, 7) is 0. The van der Waals surface area contributed by atoms with Gasteiger partial charge in [0.15, 0.2) is 0 Å². The predicted octanol–water partition coefficient (Wildman–Crippen LogP) is 3.44. The molecule has 0 bridgehead atoms. The van der Waals surface area contributed by atoms with Crippen molar-refractivity contribution in [2.24, 2.45) is 0 Å². The van der Waals surface area contributed by atoms with Gasteiger partial charge in [-0.1, -0.05) is 0 Å². The molecule has 0 amide bonds. The van der Waals surface area contributed by atoms with Crippen molar-refractivity contribution in [3.8, 4) is 0 Å². The van der Waals surface area contributed by atoms with Crippen molar-refractivity contribution in [2.45, 2.75) is 0 Å². The maximum atomic E-state index is 2.26. The summed E-state index contributed by atoms with van der Waals surface area (Å²) < 4.78 is 5.42. The van der Waals surface area contributed by atoms with Crippen LogP contribution in [-0.2, 0) is 12.8 Å². The zero-order valence-corrected chi connectivity index (χ0v) is 14.8. The third-order valence-corrected chi connectivity index (χ3v) is 8.39. The van der Waals surface area contributed by atoms with E-state index < -0.39 is 12.8 Å². The van der Waals surface area contributed by atoms with Crippen LogP contribution in [0.4, 0.5) is 0 Å². The molecule has 0 N–H and O–H groups in total. The van der Waals surface area contributed by atoms with E-state index in [1.54, 1.807) is 0 Å². The molecule has 0 saturated heterocycles. The summed E-state index contributed by atoms with van der Waals surface area (Å²) in [6.07, 6.45) is 0. The van der Waals surface area contributed by atoms with E-state index in [1.807, 2.05) is 0 Å². The monoisotopic (exact) mass is 371 g/mol. The van der Waals surface area contributed by atoms with E-state index in [1.165, 1.54) is 17.8 Å². The first kappa shape index (κ1) is 15.9. The number of rotatable bonds is 4. The zero-order chi connectivity index (χ0) is 17.0. The van der Waals surface area contributed by atoms with Gasteiger partial charge in [-0.15, -0.1) is 0 Å². The molecular weight excluding hydrogens is 352 g/mol. The molecule has 4 aromatic rings. The molecule has 0 atom stereocenters. The molecule has 0 unspecified atom stereocenters. The second kappa shape index (κ2) is 7.11. The third kappa shape index (κ3) is 2.82. The first-order chi connectivity index (χ1) is 12.4. The van der Waals surface area contributed by atoms with Crippen LogP contribution in [0.15, 0.2) is 121 Å². The van der Waals surface area contributed by atoms with Gasteiger partial charge in [0.1, 0.15) is 0 Å². The number of benzene rings is 4. The quantitative estimate of drug-likeness (QED) is 0.482. The molecule has 0 saturated carbocycles. The van der Waals surface area contributed by atoms with Gasteiger partial charge in [0.05, 0.1) is 0 Å². The van der Waals surface area contributed by atoms with Crippen LogP contribution in [-0.4, -0.2) is 0 Å². The molecule has 0 heterocycles. The second-order valence-corrected chi connectivity index (χ2v) is 9.05. The van der Waals surface area contributed by atoms with Crippen LogP contribution in [0.3, 0.4) is 0 Å². The molecule has 0 aliphatic heterocycles. The van der Waals surface area contributed by atoms with Crippen LogP contribution in [0.25, 0.3) is 0 Å². The summed E-state index contributed by atoms with van der Waals surface area (Å²) in [5, 5.41) is 0. The fourth-order valence-electron chi connectivity index (χ4n) is 2.81. The normalized spacial score (nSPS) is 11.8. The van der Waals surface area contributed by atoms with Crippen molar-refractivity contribution in [3.63, 3.8) is 0 Å². The average molecular weight is 372 g/mol. The van der Waals surface area contributed by atoms with Gasteiger partial charge in [-0.2, -0.15) is 0 Å². The van der Waals surface area contributed by atoms with Gasteiger partial charge in [-0.25, -0.2) is 0 Å². The van der Waals surface area contributed by atoms with Crippen molar-refractivity contribution >= 4 is 17.8 Å². The molecule has 127 valence electrons. The molecule has 1 heteroatoms. The molecule has 0 fully saturated rings. The molecule has 0 radical (unpaired) electrons. The molecule has 0 spiro atoms. The first-order valence-corrected chi connectivity index (χ1v) is 10.1. The Bertz CT molecular complexity index is 753. The summed E-state index contributed by atoms with van der Waals surface area (Å²) >= 11 is -1.44. The van der Waals surface area contributed by atoms with Crippen LogP contribution in [0, 0.1) is 0 Å². The topological polar surface area (TPSA) is 0 Å². The molecule has 25 heavy (non-hydrogen) atoms. The Labute approximate surface area is 152 Å². The van der Waals surface area contributed by atoms with E-state index in [4.69, 9.17) is 0 Å². The Morgan fingerprint density at radius 1 is 0.280 bits per heavy atom. The SMILES string of the molecule is c1cc[c]([Cu]([c]2ccccc2)([c]2ccccc2)[c]2ccccc2)cc1. The summed E-state index contributed by atoms with van der Waals surface area (Å²) in [5.41, 5.74) is 0. The molecule has 0 aliphatic carbocycles.